The Balaban J connectivity index is 1.30. The fraction of sp³-hybridized carbons (Fsp3) is 0.417. The number of hydrogen-bond acceptors (Lipinski definition) is 8. The van der Waals surface area contributed by atoms with Gasteiger partial charge in [0.25, 0.3) is 5.89 Å². The summed E-state index contributed by atoms with van der Waals surface area (Å²) < 4.78 is 26.6. The molecule has 0 N–H and O–H groups in total. The molecule has 2 fully saturated rings. The van der Waals surface area contributed by atoms with Crippen LogP contribution >= 0.6 is 11.6 Å². The Morgan fingerprint density at radius 2 is 2.09 bits per heavy atom. The van der Waals surface area contributed by atoms with Crippen LogP contribution in [0.25, 0.3) is 28.5 Å². The number of ether oxygens (including phenoxy) is 3. The Hall–Kier alpha value is -3.05. The highest BCUT2D eigenvalue weighted by Gasteiger charge is 2.29. The van der Waals surface area contributed by atoms with E-state index in [0.29, 0.717) is 48.7 Å². The second-order valence-electron chi connectivity index (χ2n) is 9.00. The quantitative estimate of drug-likeness (QED) is 0.373. The van der Waals surface area contributed by atoms with E-state index in [-0.39, 0.29) is 12.2 Å². The Bertz CT molecular complexity index is 1380. The first-order chi connectivity index (χ1) is 17.2. The fourth-order valence-corrected chi connectivity index (χ4v) is 5.20. The fourth-order valence-electron chi connectivity index (χ4n) is 5.03. The number of rotatable bonds is 4. The average molecular weight is 495 g/mol. The highest BCUT2D eigenvalue weighted by Crippen LogP contribution is 2.38. The summed E-state index contributed by atoms with van der Waals surface area (Å²) in [5, 5.41) is 9.82. The second kappa shape index (κ2) is 8.56. The Morgan fingerprint density at radius 1 is 1.11 bits per heavy atom. The van der Waals surface area contributed by atoms with E-state index in [0.717, 1.165) is 54.2 Å². The minimum absolute atomic E-state index is 0.196. The van der Waals surface area contributed by atoms with Gasteiger partial charge in [-0.1, -0.05) is 16.8 Å². The molecule has 11 heteroatoms. The summed E-state index contributed by atoms with van der Waals surface area (Å²) in [7, 11) is 0. The normalized spacial score (nSPS) is 21.4. The highest BCUT2D eigenvalue weighted by molar-refractivity contribution is 6.31. The molecule has 3 aliphatic rings. The van der Waals surface area contributed by atoms with E-state index in [4.69, 9.17) is 35.4 Å². The summed E-state index contributed by atoms with van der Waals surface area (Å²) >= 11 is 6.41. The largest absolute Gasteiger partial charge is 0.376 e. The number of benzene rings is 1. The van der Waals surface area contributed by atoms with Crippen molar-refractivity contribution < 1.29 is 18.7 Å². The molecule has 2 atom stereocenters. The lowest BCUT2D eigenvalue weighted by Gasteiger charge is -2.19. The summed E-state index contributed by atoms with van der Waals surface area (Å²) in [4.78, 5) is 9.28. The first kappa shape index (κ1) is 21.3. The standard InChI is InChI=1S/C24H23ClN6O4/c25-15-3-4-18-17(9-15)21-14(10-30(28-21)11-16-2-1-5-33-16)8-19-22(26-13-31(18)19)23-27-24(35-29-23)20-12-32-6-7-34-20/h3-4,9-10,13,16,20H,1-2,5-8,11-12H2/t16-,20?/m0/s1. The molecule has 180 valence electrons. The van der Waals surface area contributed by atoms with Crippen LogP contribution in [0.3, 0.4) is 0 Å². The van der Waals surface area contributed by atoms with Crippen LogP contribution in [0.2, 0.25) is 5.02 Å². The number of halogens is 1. The minimum Gasteiger partial charge on any atom is -0.376 e. The number of nitrogens with zero attached hydrogens (tertiary/aromatic N) is 6. The number of hydrogen-bond donors (Lipinski definition) is 0. The van der Waals surface area contributed by atoms with Crippen molar-refractivity contribution in [2.75, 3.05) is 26.4 Å². The maximum atomic E-state index is 6.41. The first-order valence-electron chi connectivity index (χ1n) is 11.8. The summed E-state index contributed by atoms with van der Waals surface area (Å²) in [5.41, 5.74) is 5.53. The Morgan fingerprint density at radius 3 is 2.94 bits per heavy atom. The molecule has 6 heterocycles. The second-order valence-corrected chi connectivity index (χ2v) is 9.44. The Labute approximate surface area is 205 Å². The number of imidazole rings is 1. The predicted octanol–water partition coefficient (Wildman–Crippen LogP) is 3.61. The lowest BCUT2D eigenvalue weighted by atomic mass is 10.0. The summed E-state index contributed by atoms with van der Waals surface area (Å²) in [6.07, 6.45) is 6.48. The zero-order valence-corrected chi connectivity index (χ0v) is 19.6. The molecule has 0 amide bonds. The van der Waals surface area contributed by atoms with Crippen LogP contribution in [0, 0.1) is 0 Å². The molecule has 0 saturated carbocycles. The van der Waals surface area contributed by atoms with E-state index in [1.54, 1.807) is 6.33 Å². The molecule has 1 aromatic carbocycles. The maximum Gasteiger partial charge on any atom is 0.258 e. The zero-order valence-electron chi connectivity index (χ0n) is 18.9. The van der Waals surface area contributed by atoms with Crippen LogP contribution in [0.5, 0.6) is 0 Å². The molecule has 0 bridgehead atoms. The van der Waals surface area contributed by atoms with Crippen molar-refractivity contribution in [2.24, 2.45) is 0 Å². The monoisotopic (exact) mass is 494 g/mol. The van der Waals surface area contributed by atoms with Crippen molar-refractivity contribution in [3.63, 3.8) is 0 Å². The molecular weight excluding hydrogens is 472 g/mol. The molecule has 35 heavy (non-hydrogen) atoms. The third kappa shape index (κ3) is 3.77. The van der Waals surface area contributed by atoms with E-state index >= 15 is 0 Å². The van der Waals surface area contributed by atoms with Crippen molar-refractivity contribution >= 4 is 11.6 Å². The lowest BCUT2D eigenvalue weighted by molar-refractivity contribution is -0.101. The topological polar surface area (TPSA) is 102 Å². The molecule has 10 nitrogen and oxygen atoms in total. The highest BCUT2D eigenvalue weighted by atomic mass is 35.5. The van der Waals surface area contributed by atoms with E-state index in [9.17, 15) is 0 Å². The van der Waals surface area contributed by atoms with E-state index in [1.807, 2.05) is 22.9 Å². The van der Waals surface area contributed by atoms with Crippen molar-refractivity contribution in [1.82, 2.24) is 29.5 Å². The molecule has 2 saturated heterocycles. The molecule has 0 aliphatic carbocycles. The number of fused-ring (bicyclic) bond motifs is 5. The van der Waals surface area contributed by atoms with Gasteiger partial charge in [-0.15, -0.1) is 0 Å². The van der Waals surface area contributed by atoms with Crippen LogP contribution in [0.4, 0.5) is 0 Å². The predicted molar refractivity (Wildman–Crippen MR) is 124 cm³/mol. The molecule has 1 unspecified atom stereocenters. The van der Waals surface area contributed by atoms with Crippen LogP contribution in [0.1, 0.15) is 36.1 Å². The van der Waals surface area contributed by atoms with E-state index < -0.39 is 0 Å². The molecule has 0 spiro atoms. The van der Waals surface area contributed by atoms with Gasteiger partial charge in [0.1, 0.15) is 12.0 Å². The van der Waals surface area contributed by atoms with E-state index in [1.165, 1.54) is 0 Å². The van der Waals surface area contributed by atoms with Crippen molar-refractivity contribution in [3.05, 3.63) is 52.9 Å². The zero-order chi connectivity index (χ0) is 23.4. The van der Waals surface area contributed by atoms with Crippen molar-refractivity contribution in [1.29, 1.82) is 0 Å². The Kier molecular flexibility index (Phi) is 5.20. The van der Waals surface area contributed by atoms with Gasteiger partial charge in [0.15, 0.2) is 6.10 Å². The molecule has 4 aromatic rings. The first-order valence-corrected chi connectivity index (χ1v) is 12.2. The van der Waals surface area contributed by atoms with E-state index in [2.05, 4.69) is 25.9 Å². The van der Waals surface area contributed by atoms with Crippen LogP contribution in [0.15, 0.2) is 35.2 Å². The van der Waals surface area contributed by atoms with Crippen molar-refractivity contribution in [3.8, 4) is 28.5 Å². The third-order valence-electron chi connectivity index (χ3n) is 6.69. The lowest BCUT2D eigenvalue weighted by Crippen LogP contribution is -2.22. The van der Waals surface area contributed by atoms with Crippen LogP contribution in [-0.4, -0.2) is 62.0 Å². The van der Waals surface area contributed by atoms with Gasteiger partial charge in [0.2, 0.25) is 5.82 Å². The van der Waals surface area contributed by atoms with Gasteiger partial charge in [-0.2, -0.15) is 10.1 Å². The van der Waals surface area contributed by atoms with Gasteiger partial charge in [-0.3, -0.25) is 4.68 Å². The summed E-state index contributed by atoms with van der Waals surface area (Å²) in [6, 6.07) is 5.83. The van der Waals surface area contributed by atoms with Gasteiger partial charge >= 0.3 is 0 Å². The van der Waals surface area contributed by atoms with Gasteiger partial charge in [-0.25, -0.2) is 4.98 Å². The summed E-state index contributed by atoms with van der Waals surface area (Å²) in [5.74, 6) is 0.820. The van der Waals surface area contributed by atoms with Crippen LogP contribution in [-0.2, 0) is 27.2 Å². The number of aromatic nitrogens is 6. The van der Waals surface area contributed by atoms with Gasteiger partial charge < -0.3 is 23.3 Å². The van der Waals surface area contributed by atoms with Gasteiger partial charge in [0.05, 0.1) is 49.5 Å². The molecule has 7 rings (SSSR count). The molecule has 3 aromatic heterocycles. The van der Waals surface area contributed by atoms with Gasteiger partial charge in [0, 0.05) is 35.4 Å². The average Bonchev–Trinajstić information content (AvgIpc) is 3.67. The van der Waals surface area contributed by atoms with Gasteiger partial charge in [-0.05, 0) is 31.0 Å². The molecular formula is C24H23ClN6O4. The SMILES string of the molecule is Clc1ccc2c(c1)-c1nn(C[C@@H]3CCCO3)cc1Cc1c(-c3noc(C4COCCO4)n3)ncn1-2. The smallest absolute Gasteiger partial charge is 0.258 e. The van der Waals surface area contributed by atoms with Crippen LogP contribution < -0.4 is 0 Å². The third-order valence-corrected chi connectivity index (χ3v) is 6.93. The minimum atomic E-state index is -0.364. The van der Waals surface area contributed by atoms with Crippen molar-refractivity contribution in [2.45, 2.75) is 38.0 Å². The molecule has 3 aliphatic heterocycles. The maximum absolute atomic E-state index is 6.41. The summed E-state index contributed by atoms with van der Waals surface area (Å²) in [6.45, 7) is 3.01. The molecule has 0 radical (unpaired) electrons.